The van der Waals surface area contributed by atoms with E-state index in [1.165, 1.54) is 30.5 Å². The molecule has 1 heterocycles. The van der Waals surface area contributed by atoms with Crippen LogP contribution >= 0.6 is 0 Å². The fourth-order valence-electron chi connectivity index (χ4n) is 2.59. The minimum atomic E-state index is -3.42. The van der Waals surface area contributed by atoms with Crippen molar-refractivity contribution >= 4 is 33.4 Å². The lowest BCUT2D eigenvalue weighted by Crippen LogP contribution is -2.30. The molecule has 0 radical (unpaired) electrons. The number of amides is 2. The number of sulfone groups is 1. The summed E-state index contributed by atoms with van der Waals surface area (Å²) in [6.07, 6.45) is 2.84. The fourth-order valence-corrected chi connectivity index (χ4v) is 3.52. The third-order valence-corrected chi connectivity index (χ3v) is 5.92. The van der Waals surface area contributed by atoms with Crippen molar-refractivity contribution in [2.75, 3.05) is 11.1 Å². The number of carbonyl (C=O) groups excluding carboxylic acids is 2. The second-order valence-electron chi connectivity index (χ2n) is 6.28. The molecule has 0 spiro atoms. The molecule has 154 valence electrons. The largest absolute Gasteiger partial charge is 0.465 e. The van der Waals surface area contributed by atoms with Crippen molar-refractivity contribution in [3.05, 3.63) is 90.0 Å². The third kappa shape index (κ3) is 5.24. The number of hydrogen-bond donors (Lipinski definition) is 2. The van der Waals surface area contributed by atoms with E-state index in [1.54, 1.807) is 55.5 Å². The first-order chi connectivity index (χ1) is 14.4. The van der Waals surface area contributed by atoms with E-state index in [2.05, 4.69) is 10.6 Å². The van der Waals surface area contributed by atoms with Gasteiger partial charge in [0.2, 0.25) is 0 Å². The van der Waals surface area contributed by atoms with Crippen LogP contribution in [0.1, 0.15) is 23.0 Å². The molecule has 3 rings (SSSR count). The number of furan rings is 1. The Balaban J connectivity index is 1.86. The molecule has 0 aliphatic rings. The molecule has 2 aromatic carbocycles. The van der Waals surface area contributed by atoms with E-state index >= 15 is 0 Å². The highest BCUT2D eigenvalue weighted by atomic mass is 32.2. The Hall–Kier alpha value is -3.65. The van der Waals surface area contributed by atoms with Gasteiger partial charge in [-0.25, -0.2) is 8.42 Å². The summed E-state index contributed by atoms with van der Waals surface area (Å²) in [4.78, 5) is 25.5. The van der Waals surface area contributed by atoms with Gasteiger partial charge in [0.1, 0.15) is 11.5 Å². The summed E-state index contributed by atoms with van der Waals surface area (Å²) in [5.74, 6) is -0.773. The molecular weight excluding hydrogens is 404 g/mol. The van der Waals surface area contributed by atoms with Crippen LogP contribution in [0.25, 0.3) is 6.08 Å². The Bertz CT molecular complexity index is 1170. The third-order valence-electron chi connectivity index (χ3n) is 4.19. The van der Waals surface area contributed by atoms with Gasteiger partial charge in [-0.1, -0.05) is 31.2 Å². The second kappa shape index (κ2) is 9.23. The first-order valence-electron chi connectivity index (χ1n) is 9.15. The highest BCUT2D eigenvalue weighted by molar-refractivity contribution is 7.91. The molecule has 30 heavy (non-hydrogen) atoms. The average Bonchev–Trinajstić information content (AvgIpc) is 3.27. The van der Waals surface area contributed by atoms with E-state index in [0.717, 1.165) is 0 Å². The standard InChI is InChI=1S/C22H20N2O5S/c1-2-30(27,28)19-12-6-10-17(14-19)23-22(26)20(15-18-11-7-13-29-18)24-21(25)16-8-4-3-5-9-16/h3-15H,2H2,1H3,(H,23,26)(H,24,25)/b20-15-. The van der Waals surface area contributed by atoms with Crippen LogP contribution in [0, 0.1) is 0 Å². The van der Waals surface area contributed by atoms with Crippen LogP contribution in [0.3, 0.4) is 0 Å². The summed E-state index contributed by atoms with van der Waals surface area (Å²) in [6.45, 7) is 1.55. The smallest absolute Gasteiger partial charge is 0.272 e. The van der Waals surface area contributed by atoms with Crippen molar-refractivity contribution in [3.63, 3.8) is 0 Å². The summed E-state index contributed by atoms with van der Waals surface area (Å²) in [5, 5.41) is 5.20. The van der Waals surface area contributed by atoms with Crippen molar-refractivity contribution in [2.45, 2.75) is 11.8 Å². The summed E-state index contributed by atoms with van der Waals surface area (Å²) in [5.41, 5.74) is 0.614. The molecule has 0 unspecified atom stereocenters. The van der Waals surface area contributed by atoms with E-state index in [-0.39, 0.29) is 22.0 Å². The van der Waals surface area contributed by atoms with Crippen LogP contribution in [-0.4, -0.2) is 26.0 Å². The van der Waals surface area contributed by atoms with Crippen LogP contribution in [0.15, 0.2) is 88.0 Å². The second-order valence-corrected chi connectivity index (χ2v) is 8.56. The zero-order valence-electron chi connectivity index (χ0n) is 16.2. The zero-order chi connectivity index (χ0) is 21.6. The number of anilines is 1. The number of nitrogens with one attached hydrogen (secondary N) is 2. The van der Waals surface area contributed by atoms with E-state index in [4.69, 9.17) is 4.42 Å². The monoisotopic (exact) mass is 424 g/mol. The first kappa shape index (κ1) is 21.1. The van der Waals surface area contributed by atoms with Crippen LogP contribution in [0.4, 0.5) is 5.69 Å². The molecule has 8 heteroatoms. The van der Waals surface area contributed by atoms with Crippen LogP contribution in [0.5, 0.6) is 0 Å². The Morgan fingerprint density at radius 3 is 2.43 bits per heavy atom. The Morgan fingerprint density at radius 1 is 1.00 bits per heavy atom. The molecule has 0 aliphatic carbocycles. The minimum absolute atomic E-state index is 0.0532. The lowest BCUT2D eigenvalue weighted by Gasteiger charge is -2.12. The van der Waals surface area contributed by atoms with Gasteiger partial charge in [0, 0.05) is 17.3 Å². The number of carbonyl (C=O) groups is 2. The Kier molecular flexibility index (Phi) is 6.48. The van der Waals surface area contributed by atoms with Crippen LogP contribution in [0.2, 0.25) is 0 Å². The highest BCUT2D eigenvalue weighted by Gasteiger charge is 2.17. The molecule has 0 saturated carbocycles. The van der Waals surface area contributed by atoms with Crippen LogP contribution < -0.4 is 10.6 Å². The van der Waals surface area contributed by atoms with Crippen molar-refractivity contribution in [3.8, 4) is 0 Å². The van der Waals surface area contributed by atoms with Crippen molar-refractivity contribution in [2.24, 2.45) is 0 Å². The van der Waals surface area contributed by atoms with Gasteiger partial charge in [0.05, 0.1) is 16.9 Å². The summed E-state index contributed by atoms with van der Waals surface area (Å²) >= 11 is 0. The molecule has 0 atom stereocenters. The molecule has 1 aromatic heterocycles. The number of hydrogen-bond acceptors (Lipinski definition) is 5. The first-order valence-corrected chi connectivity index (χ1v) is 10.8. The molecule has 2 amide bonds. The number of rotatable bonds is 7. The Labute approximate surface area is 174 Å². The van der Waals surface area contributed by atoms with Gasteiger partial charge in [0.15, 0.2) is 9.84 Å². The van der Waals surface area contributed by atoms with Crippen molar-refractivity contribution in [1.82, 2.24) is 5.32 Å². The maximum atomic E-state index is 12.9. The molecule has 3 aromatic rings. The van der Waals surface area contributed by atoms with Gasteiger partial charge < -0.3 is 15.1 Å². The summed E-state index contributed by atoms with van der Waals surface area (Å²) in [6, 6.07) is 17.7. The van der Waals surface area contributed by atoms with Crippen LogP contribution in [-0.2, 0) is 14.6 Å². The molecule has 0 aliphatic heterocycles. The predicted molar refractivity (Wildman–Crippen MR) is 113 cm³/mol. The van der Waals surface area contributed by atoms with Gasteiger partial charge in [-0.15, -0.1) is 0 Å². The van der Waals surface area contributed by atoms with E-state index < -0.39 is 21.7 Å². The maximum absolute atomic E-state index is 12.9. The van der Waals surface area contributed by atoms with E-state index in [1.807, 2.05) is 0 Å². The zero-order valence-corrected chi connectivity index (χ0v) is 17.0. The van der Waals surface area contributed by atoms with E-state index in [0.29, 0.717) is 11.3 Å². The molecule has 0 fully saturated rings. The molecule has 0 bridgehead atoms. The normalized spacial score (nSPS) is 11.7. The van der Waals surface area contributed by atoms with Gasteiger partial charge in [-0.05, 0) is 42.5 Å². The summed E-state index contributed by atoms with van der Waals surface area (Å²) in [7, 11) is -3.42. The molecule has 2 N–H and O–H groups in total. The lowest BCUT2D eigenvalue weighted by atomic mass is 10.2. The quantitative estimate of drug-likeness (QED) is 0.565. The van der Waals surface area contributed by atoms with Crippen molar-refractivity contribution in [1.29, 1.82) is 0 Å². The lowest BCUT2D eigenvalue weighted by molar-refractivity contribution is -0.113. The van der Waals surface area contributed by atoms with Gasteiger partial charge >= 0.3 is 0 Å². The van der Waals surface area contributed by atoms with Gasteiger partial charge in [0.25, 0.3) is 11.8 Å². The average molecular weight is 424 g/mol. The van der Waals surface area contributed by atoms with Gasteiger partial charge in [-0.3, -0.25) is 9.59 Å². The molecule has 7 nitrogen and oxygen atoms in total. The Morgan fingerprint density at radius 2 is 1.77 bits per heavy atom. The molecule has 0 saturated heterocycles. The maximum Gasteiger partial charge on any atom is 0.272 e. The number of benzene rings is 2. The topological polar surface area (TPSA) is 105 Å². The predicted octanol–water partition coefficient (Wildman–Crippen LogP) is 3.48. The van der Waals surface area contributed by atoms with Crippen molar-refractivity contribution < 1.29 is 22.4 Å². The molecular formula is C22H20N2O5S. The summed E-state index contributed by atoms with van der Waals surface area (Å²) < 4.78 is 29.4. The highest BCUT2D eigenvalue weighted by Crippen LogP contribution is 2.18. The SMILES string of the molecule is CCS(=O)(=O)c1cccc(NC(=O)/C(=C/c2ccco2)NC(=O)c2ccccc2)c1. The fraction of sp³-hybridized carbons (Fsp3) is 0.0909. The minimum Gasteiger partial charge on any atom is -0.465 e. The van der Waals surface area contributed by atoms with E-state index in [9.17, 15) is 18.0 Å². The van der Waals surface area contributed by atoms with Gasteiger partial charge in [-0.2, -0.15) is 0 Å².